The topological polar surface area (TPSA) is 97.7 Å². The number of esters is 1. The Hall–Kier alpha value is -3.80. The van der Waals surface area contributed by atoms with Gasteiger partial charge in [-0.15, -0.1) is 0 Å². The number of benzene rings is 2. The second kappa shape index (κ2) is 12.1. The third-order valence-corrected chi connectivity index (χ3v) is 15.6. The summed E-state index contributed by atoms with van der Waals surface area (Å²) < 4.78 is 6.00. The quantitative estimate of drug-likeness (QED) is 0.191. The lowest BCUT2D eigenvalue weighted by atomic mass is 9.33. The summed E-state index contributed by atoms with van der Waals surface area (Å²) in [6.45, 7) is 15.8. The summed E-state index contributed by atoms with van der Waals surface area (Å²) >= 11 is 0. The van der Waals surface area contributed by atoms with E-state index < -0.39 is 34.6 Å². The Morgan fingerprint density at radius 1 is 0.882 bits per heavy atom. The Labute approximate surface area is 303 Å². The molecule has 2 aromatic carbocycles. The lowest BCUT2D eigenvalue weighted by molar-refractivity contribution is -0.196. The molecular weight excluding hydrogens is 636 g/mol. The summed E-state index contributed by atoms with van der Waals surface area (Å²) in [7, 11) is 0. The number of carboxylic acids is 1. The van der Waals surface area contributed by atoms with Crippen molar-refractivity contribution in [3.63, 3.8) is 0 Å². The predicted octanol–water partition coefficient (Wildman–Crippen LogP) is 9.53. The Morgan fingerprint density at radius 2 is 1.57 bits per heavy atom. The van der Waals surface area contributed by atoms with E-state index in [2.05, 4.69) is 41.5 Å². The first-order valence-corrected chi connectivity index (χ1v) is 19.1. The highest BCUT2D eigenvalue weighted by Gasteiger charge is 2.72. The van der Waals surface area contributed by atoms with Crippen LogP contribution in [0.5, 0.6) is 0 Å². The normalized spacial score (nSPS) is 41.0. The highest BCUT2D eigenvalue weighted by atomic mass is 16.5. The number of rotatable bonds is 5. The maximum Gasteiger partial charge on any atom is 0.336 e. The third kappa shape index (κ3) is 5.09. The lowest BCUT2D eigenvalue weighted by Crippen LogP contribution is -2.68. The fraction of sp³-hybridized carbons (Fsp3) is 0.556. The van der Waals surface area contributed by atoms with Crippen LogP contribution in [0.3, 0.4) is 0 Å². The molecule has 0 aromatic heterocycles. The Balaban J connectivity index is 1.37. The van der Waals surface area contributed by atoms with Crippen molar-refractivity contribution in [1.29, 1.82) is 0 Å². The number of allylic oxidation sites excluding steroid dienone is 3. The average Bonchev–Trinajstić information content (AvgIpc) is 3.09. The molecular formula is C45H54O6. The molecule has 0 radical (unpaired) electrons. The van der Waals surface area contributed by atoms with E-state index in [1.54, 1.807) is 31.2 Å². The third-order valence-electron chi connectivity index (χ3n) is 15.6. The van der Waals surface area contributed by atoms with Gasteiger partial charge in [0.15, 0.2) is 11.6 Å². The van der Waals surface area contributed by atoms with E-state index in [0.29, 0.717) is 35.3 Å². The van der Waals surface area contributed by atoms with Gasteiger partial charge >= 0.3 is 11.9 Å². The summed E-state index contributed by atoms with van der Waals surface area (Å²) in [6, 6.07) is 16.1. The highest BCUT2D eigenvalue weighted by Crippen LogP contribution is 2.75. The molecule has 5 aliphatic rings. The molecule has 6 nitrogen and oxygen atoms in total. The van der Waals surface area contributed by atoms with E-state index in [4.69, 9.17) is 4.74 Å². The van der Waals surface area contributed by atoms with Crippen LogP contribution in [-0.2, 0) is 25.7 Å². The van der Waals surface area contributed by atoms with Crippen molar-refractivity contribution in [3.05, 3.63) is 88.5 Å². The second-order valence-electron chi connectivity index (χ2n) is 18.1. The van der Waals surface area contributed by atoms with Crippen LogP contribution >= 0.6 is 0 Å². The van der Waals surface area contributed by atoms with Gasteiger partial charge in [0, 0.05) is 5.92 Å². The van der Waals surface area contributed by atoms with Crippen molar-refractivity contribution >= 4 is 29.6 Å². The highest BCUT2D eigenvalue weighted by molar-refractivity contribution is 6.15. The number of Topliss-reactive ketones (excluding diaryl/α,β-unsaturated/α-hetero) is 1. The van der Waals surface area contributed by atoms with Crippen LogP contribution in [0.4, 0.5) is 0 Å². The number of ether oxygens (including phenoxy) is 1. The number of carbonyl (C=O) groups excluding carboxylic acids is 3. The summed E-state index contributed by atoms with van der Waals surface area (Å²) in [6.07, 6.45) is 9.87. The van der Waals surface area contributed by atoms with Gasteiger partial charge in [0.2, 0.25) is 0 Å². The SMILES string of the molecule is C[C@H]1[C@H](C)CC[C@]2(C)CC[C@]3(C)C(=CC(=O)[C@@H]4[C@@]5(C)C/C(=C\c6ccccc6C(=O)O)C(=O)[C@](C)(C(=O)OCc6ccccc6)[C@@H]5CC[C@]43C)[C@H]12. The summed E-state index contributed by atoms with van der Waals surface area (Å²) in [5.74, 6) is -1.33. The van der Waals surface area contributed by atoms with Crippen LogP contribution < -0.4 is 0 Å². The Kier molecular flexibility index (Phi) is 8.47. The number of carbonyl (C=O) groups is 4. The maximum absolute atomic E-state index is 15.1. The smallest absolute Gasteiger partial charge is 0.336 e. The zero-order valence-electron chi connectivity index (χ0n) is 31.4. The summed E-state index contributed by atoms with van der Waals surface area (Å²) in [5.41, 5.74) is 0.289. The van der Waals surface area contributed by atoms with Gasteiger partial charge in [0.25, 0.3) is 0 Å². The number of carboxylic acid groups (broad SMARTS) is 1. The summed E-state index contributed by atoms with van der Waals surface area (Å²) in [4.78, 5) is 56.7. The molecule has 5 aliphatic carbocycles. The fourth-order valence-electron chi connectivity index (χ4n) is 12.5. The molecule has 6 heteroatoms. The lowest BCUT2D eigenvalue weighted by Gasteiger charge is -2.70. The number of fused-ring (bicyclic) bond motifs is 7. The zero-order valence-corrected chi connectivity index (χ0v) is 31.4. The number of hydrogen-bond donors (Lipinski definition) is 1. The van der Waals surface area contributed by atoms with Gasteiger partial charge < -0.3 is 9.84 Å². The molecule has 0 spiro atoms. The fourth-order valence-corrected chi connectivity index (χ4v) is 12.5. The van der Waals surface area contributed by atoms with E-state index >= 15 is 4.79 Å². The van der Waals surface area contributed by atoms with Gasteiger partial charge in [-0.1, -0.05) is 95.6 Å². The Morgan fingerprint density at radius 3 is 2.27 bits per heavy atom. The van der Waals surface area contributed by atoms with Crippen LogP contribution in [-0.4, -0.2) is 28.6 Å². The van der Waals surface area contributed by atoms with E-state index in [9.17, 15) is 19.5 Å². The molecule has 4 fully saturated rings. The monoisotopic (exact) mass is 690 g/mol. The van der Waals surface area contributed by atoms with Crippen LogP contribution in [0.2, 0.25) is 0 Å². The molecule has 0 bridgehead atoms. The molecule has 4 saturated carbocycles. The van der Waals surface area contributed by atoms with Crippen LogP contribution in [0.25, 0.3) is 6.08 Å². The van der Waals surface area contributed by atoms with Crippen molar-refractivity contribution < 1.29 is 29.0 Å². The zero-order chi connectivity index (χ0) is 36.7. The van der Waals surface area contributed by atoms with Crippen molar-refractivity contribution in [2.24, 2.45) is 56.7 Å². The molecule has 0 aliphatic heterocycles. The molecule has 0 amide bonds. The molecule has 2 aromatic rings. The van der Waals surface area contributed by atoms with Gasteiger partial charge in [-0.3, -0.25) is 14.4 Å². The number of aromatic carboxylic acids is 1. The van der Waals surface area contributed by atoms with Gasteiger partial charge in [0.1, 0.15) is 12.0 Å². The van der Waals surface area contributed by atoms with Gasteiger partial charge in [0.05, 0.1) is 5.56 Å². The van der Waals surface area contributed by atoms with Crippen LogP contribution in [0.15, 0.2) is 71.8 Å². The number of ketones is 2. The maximum atomic E-state index is 15.1. The second-order valence-corrected chi connectivity index (χ2v) is 18.1. The average molecular weight is 691 g/mol. The van der Waals surface area contributed by atoms with Crippen LogP contribution in [0.1, 0.15) is 115 Å². The van der Waals surface area contributed by atoms with Crippen molar-refractivity contribution in [3.8, 4) is 0 Å². The molecule has 0 heterocycles. The molecule has 10 atom stereocenters. The standard InChI is InChI=1S/C45H54O6/c1-27-17-19-41(3)21-22-43(5)33(36(41)28(27)2)24-34(46)37-42(4)25-31(23-30-15-11-12-16-32(30)39(48)49)38(47)45(7,35(42)18-20-44(37,43)6)40(50)51-26-29-13-9-8-10-14-29/h8-16,23-24,27-28,35-37H,17-22,25-26H2,1-7H3,(H,48,49)/b31-23+/t27-,28+,35-,36+,37-,41-,42+,43-,44-,45-/m1/s1. The minimum atomic E-state index is -1.56. The first kappa shape index (κ1) is 35.6. The van der Waals surface area contributed by atoms with Crippen LogP contribution in [0, 0.1) is 56.7 Å². The molecule has 270 valence electrons. The largest absolute Gasteiger partial charge is 0.478 e. The molecule has 1 N–H and O–H groups in total. The molecule has 7 rings (SSSR count). The predicted molar refractivity (Wildman–Crippen MR) is 197 cm³/mol. The minimum Gasteiger partial charge on any atom is -0.478 e. The van der Waals surface area contributed by atoms with Crippen molar-refractivity contribution in [2.45, 2.75) is 100 Å². The van der Waals surface area contributed by atoms with Gasteiger partial charge in [-0.2, -0.15) is 0 Å². The van der Waals surface area contributed by atoms with E-state index in [1.165, 1.54) is 24.5 Å². The molecule has 0 saturated heterocycles. The minimum absolute atomic E-state index is 0.0356. The van der Waals surface area contributed by atoms with Gasteiger partial charge in [-0.25, -0.2) is 4.79 Å². The number of hydrogen-bond acceptors (Lipinski definition) is 5. The van der Waals surface area contributed by atoms with E-state index in [1.807, 2.05) is 36.4 Å². The van der Waals surface area contributed by atoms with E-state index in [-0.39, 0.29) is 46.4 Å². The van der Waals surface area contributed by atoms with Crippen molar-refractivity contribution in [1.82, 2.24) is 0 Å². The molecule has 51 heavy (non-hydrogen) atoms. The Bertz CT molecular complexity index is 1860. The summed E-state index contributed by atoms with van der Waals surface area (Å²) in [5, 5.41) is 10.0. The first-order chi connectivity index (χ1) is 24.0. The van der Waals surface area contributed by atoms with E-state index in [0.717, 1.165) is 24.8 Å². The molecule has 0 unspecified atom stereocenters. The first-order valence-electron chi connectivity index (χ1n) is 19.1. The van der Waals surface area contributed by atoms with Gasteiger partial charge in [-0.05, 0) is 132 Å². The van der Waals surface area contributed by atoms with Crippen molar-refractivity contribution in [2.75, 3.05) is 0 Å².